The van der Waals surface area contributed by atoms with Crippen molar-refractivity contribution in [3.8, 4) is 0 Å². The molecule has 4 heavy (non-hydrogen) atoms. The molecule has 0 saturated carbocycles. The molecule has 16 valence electrons. The third-order valence-corrected chi connectivity index (χ3v) is 0. The molecule has 0 aliphatic carbocycles. The van der Waals surface area contributed by atoms with Crippen LogP contribution >= 0.6 is 0 Å². The Labute approximate surface area is 57.6 Å². The van der Waals surface area contributed by atoms with E-state index in [1.807, 2.05) is 0 Å². The van der Waals surface area contributed by atoms with Crippen molar-refractivity contribution in [2.24, 2.45) is 0 Å². The summed E-state index contributed by atoms with van der Waals surface area (Å²) in [5, 5.41) is 0. The Morgan fingerprint density at radius 3 is 0.750 bits per heavy atom. The van der Waals surface area contributed by atoms with Crippen molar-refractivity contribution in [3.63, 3.8) is 0 Å². The van der Waals surface area contributed by atoms with Crippen LogP contribution in [0.25, 0.3) is 0 Å². The van der Waals surface area contributed by atoms with E-state index < -0.39 is 0 Å². The minimum Gasteiger partial charge on any atom is -2.00 e. The maximum Gasteiger partial charge on any atom is 3.00 e. The summed E-state index contributed by atoms with van der Waals surface area (Å²) in [4.78, 5) is 0. The van der Waals surface area contributed by atoms with E-state index in [-0.39, 0.29) is 57.9 Å². The quantitative estimate of drug-likeness (QED) is 0.271. The fourth-order valence-corrected chi connectivity index (χ4v) is 0. The Bertz CT molecular complexity index is 6.00. The first-order chi connectivity index (χ1) is 0. The van der Waals surface area contributed by atoms with E-state index in [0.717, 1.165) is 0 Å². The van der Waals surface area contributed by atoms with Gasteiger partial charge in [0.15, 0.2) is 0 Å². The molecule has 0 aromatic rings. The van der Waals surface area contributed by atoms with E-state index in [2.05, 4.69) is 0 Å². The predicted octanol–water partition coefficient (Wildman–Crippen LogP) is -3.61. The predicted molar refractivity (Wildman–Crippen MR) is 7.13 cm³/mol. The zero-order chi connectivity index (χ0) is 0. The molecule has 0 aliphatic rings. The molecular formula is AlNaO2. The summed E-state index contributed by atoms with van der Waals surface area (Å²) in [6.07, 6.45) is 0. The summed E-state index contributed by atoms with van der Waals surface area (Å²) < 4.78 is 0. The second kappa shape index (κ2) is 25.2. The van der Waals surface area contributed by atoms with E-state index in [1.54, 1.807) is 0 Å². The molecule has 0 amide bonds. The molecule has 0 rings (SSSR count). The number of hydrogen-bond acceptors (Lipinski definition) is 0. The van der Waals surface area contributed by atoms with Gasteiger partial charge in [-0.05, 0) is 0 Å². The monoisotopic (exact) mass is 82.0 g/mol. The molecule has 0 bridgehead atoms. The fraction of sp³-hybridized carbons (Fsp3) is 0. The molecule has 4 heteroatoms. The third-order valence-electron chi connectivity index (χ3n) is 0. The fourth-order valence-electron chi connectivity index (χ4n) is 0. The van der Waals surface area contributed by atoms with Crippen LogP contribution in [0.1, 0.15) is 0 Å². The first kappa shape index (κ1) is 51.2. The molecule has 0 heterocycles. The van der Waals surface area contributed by atoms with E-state index in [1.165, 1.54) is 0 Å². The Morgan fingerprint density at radius 1 is 0.750 bits per heavy atom. The Morgan fingerprint density at radius 2 is 0.750 bits per heavy atom. The van der Waals surface area contributed by atoms with Crippen LogP contribution in [0.5, 0.6) is 0 Å². The van der Waals surface area contributed by atoms with Gasteiger partial charge >= 0.3 is 46.9 Å². The van der Waals surface area contributed by atoms with Gasteiger partial charge in [0.05, 0.1) is 0 Å². The molecule has 0 fully saturated rings. The third kappa shape index (κ3) is 9.84. The SMILES string of the molecule is [Al+3].[Na+].[O-2].[O-2]. The van der Waals surface area contributed by atoms with Crippen LogP contribution in [-0.2, 0) is 11.0 Å². The Balaban J connectivity index is 0. The van der Waals surface area contributed by atoms with Crippen LogP contribution in [0.4, 0.5) is 0 Å². The summed E-state index contributed by atoms with van der Waals surface area (Å²) in [6.45, 7) is 0. The van der Waals surface area contributed by atoms with E-state index >= 15 is 0 Å². The van der Waals surface area contributed by atoms with Gasteiger partial charge in [-0.25, -0.2) is 0 Å². The number of rotatable bonds is 0. The van der Waals surface area contributed by atoms with Crippen molar-refractivity contribution in [1.29, 1.82) is 0 Å². The van der Waals surface area contributed by atoms with Gasteiger partial charge in [-0.1, -0.05) is 0 Å². The molecular weight excluding hydrogens is 82.0 g/mol. The van der Waals surface area contributed by atoms with Gasteiger partial charge in [-0.3, -0.25) is 0 Å². The Hall–Kier alpha value is 1.45. The van der Waals surface area contributed by atoms with Gasteiger partial charge in [-0.2, -0.15) is 0 Å². The topological polar surface area (TPSA) is 57.0 Å². The van der Waals surface area contributed by atoms with Gasteiger partial charge in [0, 0.05) is 0 Å². The van der Waals surface area contributed by atoms with Gasteiger partial charge in [0.25, 0.3) is 0 Å². The van der Waals surface area contributed by atoms with Crippen molar-refractivity contribution in [2.75, 3.05) is 0 Å². The zero-order valence-corrected chi connectivity index (χ0v) is 5.55. The molecule has 0 aliphatic heterocycles. The van der Waals surface area contributed by atoms with Crippen molar-refractivity contribution in [3.05, 3.63) is 0 Å². The van der Waals surface area contributed by atoms with E-state index in [9.17, 15) is 0 Å². The summed E-state index contributed by atoms with van der Waals surface area (Å²) in [5.74, 6) is 0. The van der Waals surface area contributed by atoms with Crippen LogP contribution in [0, 0.1) is 0 Å². The van der Waals surface area contributed by atoms with Crippen molar-refractivity contribution in [2.45, 2.75) is 0 Å². The van der Waals surface area contributed by atoms with Crippen molar-refractivity contribution >= 4 is 17.4 Å². The molecule has 0 saturated heterocycles. The van der Waals surface area contributed by atoms with Crippen LogP contribution < -0.4 is 29.6 Å². The molecule has 0 radical (unpaired) electrons. The second-order valence-electron chi connectivity index (χ2n) is 0. The van der Waals surface area contributed by atoms with Gasteiger partial charge in [0.1, 0.15) is 0 Å². The first-order valence-corrected chi connectivity index (χ1v) is 0. The zero-order valence-electron chi connectivity index (χ0n) is 2.39. The van der Waals surface area contributed by atoms with Gasteiger partial charge in [0.2, 0.25) is 0 Å². The molecule has 0 spiro atoms. The summed E-state index contributed by atoms with van der Waals surface area (Å²) in [6, 6.07) is 0. The molecule has 0 atom stereocenters. The van der Waals surface area contributed by atoms with Crippen LogP contribution in [0.2, 0.25) is 0 Å². The van der Waals surface area contributed by atoms with Crippen LogP contribution in [0.15, 0.2) is 0 Å². The molecule has 0 unspecified atom stereocenters. The maximum atomic E-state index is 0. The standard InChI is InChI=1S/Al.Na.2O/q+3;+1;2*-2. The molecule has 2 nitrogen and oxygen atoms in total. The molecule has 0 N–H and O–H groups in total. The summed E-state index contributed by atoms with van der Waals surface area (Å²) in [7, 11) is 0. The average Bonchev–Trinajstić information content (AvgIpc) is 0. The average molecular weight is 82.0 g/mol. The second-order valence-corrected chi connectivity index (χ2v) is 0. The summed E-state index contributed by atoms with van der Waals surface area (Å²) in [5.41, 5.74) is 0. The number of hydrogen-bond donors (Lipinski definition) is 0. The minimum atomic E-state index is 0. The Kier molecular flexibility index (Phi) is 322. The van der Waals surface area contributed by atoms with Crippen LogP contribution in [0.3, 0.4) is 0 Å². The minimum absolute atomic E-state index is 0. The van der Waals surface area contributed by atoms with Gasteiger partial charge in [-0.15, -0.1) is 0 Å². The molecule has 0 aromatic carbocycles. The normalized spacial score (nSPS) is 0. The van der Waals surface area contributed by atoms with Gasteiger partial charge < -0.3 is 11.0 Å². The van der Waals surface area contributed by atoms with Crippen molar-refractivity contribution in [1.82, 2.24) is 0 Å². The first-order valence-electron chi connectivity index (χ1n) is 0. The van der Waals surface area contributed by atoms with E-state index in [4.69, 9.17) is 0 Å². The van der Waals surface area contributed by atoms with Crippen LogP contribution in [-0.4, -0.2) is 17.4 Å². The smallest absolute Gasteiger partial charge is 2.00 e. The largest absolute Gasteiger partial charge is 3.00 e. The summed E-state index contributed by atoms with van der Waals surface area (Å²) >= 11 is 0. The van der Waals surface area contributed by atoms with Crippen molar-refractivity contribution < 1.29 is 40.5 Å². The molecule has 0 aromatic heterocycles. The van der Waals surface area contributed by atoms with E-state index in [0.29, 0.717) is 0 Å². The maximum absolute atomic E-state index is 0.